The van der Waals surface area contributed by atoms with E-state index in [0.717, 1.165) is 0 Å². The van der Waals surface area contributed by atoms with E-state index in [4.69, 9.17) is 10.5 Å². The van der Waals surface area contributed by atoms with Crippen LogP contribution in [0.3, 0.4) is 0 Å². The van der Waals surface area contributed by atoms with E-state index >= 15 is 0 Å². The number of aromatic nitrogens is 4. The molecular formula is C17H19N5O3. The number of benzene rings is 1. The van der Waals surface area contributed by atoms with Crippen molar-refractivity contribution in [2.75, 3.05) is 7.11 Å². The number of nitrogens with zero attached hydrogens (tertiary/aromatic N) is 4. The van der Waals surface area contributed by atoms with Gasteiger partial charge in [-0.2, -0.15) is 0 Å². The van der Waals surface area contributed by atoms with E-state index in [1.165, 1.54) is 9.13 Å². The molecule has 2 heterocycles. The molecule has 0 atom stereocenters. The van der Waals surface area contributed by atoms with Crippen molar-refractivity contribution in [1.82, 2.24) is 19.1 Å². The first-order valence-electron chi connectivity index (χ1n) is 7.78. The predicted molar refractivity (Wildman–Crippen MR) is 93.3 cm³/mol. The first kappa shape index (κ1) is 16.7. The first-order chi connectivity index (χ1) is 11.8. The highest BCUT2D eigenvalue weighted by molar-refractivity contribution is 6.01. The molecule has 0 aliphatic rings. The maximum atomic E-state index is 12.8. The summed E-state index contributed by atoms with van der Waals surface area (Å²) in [5.41, 5.74) is 6.41. The minimum absolute atomic E-state index is 0.0310. The average molecular weight is 341 g/mol. The van der Waals surface area contributed by atoms with Crippen molar-refractivity contribution in [1.29, 1.82) is 0 Å². The minimum atomic E-state index is -0.701. The number of methoxy groups -OCH3 is 1. The maximum Gasteiger partial charge on any atom is 0.334 e. The van der Waals surface area contributed by atoms with Crippen LogP contribution < -0.4 is 16.2 Å². The summed E-state index contributed by atoms with van der Waals surface area (Å²) in [4.78, 5) is 33.5. The van der Waals surface area contributed by atoms with Crippen LogP contribution in [0.25, 0.3) is 16.9 Å². The third-order valence-corrected chi connectivity index (χ3v) is 3.97. The van der Waals surface area contributed by atoms with Crippen LogP contribution in [-0.4, -0.2) is 32.1 Å². The van der Waals surface area contributed by atoms with Crippen molar-refractivity contribution in [3.63, 3.8) is 0 Å². The molecule has 0 saturated heterocycles. The monoisotopic (exact) mass is 341 g/mol. The summed E-state index contributed by atoms with van der Waals surface area (Å²) in [6.45, 7) is 3.81. The fraction of sp³-hybridized carbons (Fsp3) is 0.294. The SMILES string of the molecule is COc1cccc(-n2c(=O)n(C)c3c(C(N)=O)nc(C(C)C)nc32)c1. The molecule has 0 unspecified atom stereocenters. The summed E-state index contributed by atoms with van der Waals surface area (Å²) in [6, 6.07) is 7.05. The highest BCUT2D eigenvalue weighted by atomic mass is 16.5. The second-order valence-electron chi connectivity index (χ2n) is 6.00. The molecule has 0 aliphatic carbocycles. The molecule has 2 aromatic heterocycles. The third kappa shape index (κ3) is 2.65. The molecule has 0 spiro atoms. The lowest BCUT2D eigenvalue weighted by atomic mass is 10.2. The Hall–Kier alpha value is -3.16. The fourth-order valence-corrected chi connectivity index (χ4v) is 2.67. The number of aryl methyl sites for hydroxylation is 1. The molecule has 2 N–H and O–H groups in total. The number of rotatable bonds is 4. The Morgan fingerprint density at radius 3 is 2.60 bits per heavy atom. The number of hydrogen-bond acceptors (Lipinski definition) is 5. The van der Waals surface area contributed by atoms with Crippen LogP contribution in [0, 0.1) is 0 Å². The molecule has 3 rings (SSSR count). The van der Waals surface area contributed by atoms with E-state index < -0.39 is 5.91 Å². The zero-order valence-corrected chi connectivity index (χ0v) is 14.5. The predicted octanol–water partition coefficient (Wildman–Crippen LogP) is 1.35. The zero-order valence-electron chi connectivity index (χ0n) is 14.5. The van der Waals surface area contributed by atoms with Crippen molar-refractivity contribution in [3.8, 4) is 11.4 Å². The smallest absolute Gasteiger partial charge is 0.334 e. The van der Waals surface area contributed by atoms with Crippen LogP contribution in [0.4, 0.5) is 0 Å². The van der Waals surface area contributed by atoms with E-state index in [0.29, 0.717) is 28.4 Å². The molecule has 25 heavy (non-hydrogen) atoms. The summed E-state index contributed by atoms with van der Waals surface area (Å²) in [7, 11) is 3.11. The number of amides is 1. The fourth-order valence-electron chi connectivity index (χ4n) is 2.67. The van der Waals surface area contributed by atoms with Crippen molar-refractivity contribution >= 4 is 17.1 Å². The molecule has 0 aliphatic heterocycles. The lowest BCUT2D eigenvalue weighted by Crippen LogP contribution is -2.21. The van der Waals surface area contributed by atoms with Gasteiger partial charge in [0.2, 0.25) is 0 Å². The highest BCUT2D eigenvalue weighted by Crippen LogP contribution is 2.23. The first-order valence-corrected chi connectivity index (χ1v) is 7.78. The molecule has 130 valence electrons. The summed E-state index contributed by atoms with van der Waals surface area (Å²) >= 11 is 0. The van der Waals surface area contributed by atoms with Crippen molar-refractivity contribution in [2.45, 2.75) is 19.8 Å². The van der Waals surface area contributed by atoms with Gasteiger partial charge in [0.1, 0.15) is 17.1 Å². The molecular weight excluding hydrogens is 322 g/mol. The van der Waals surface area contributed by atoms with E-state index in [-0.39, 0.29) is 17.3 Å². The van der Waals surface area contributed by atoms with Gasteiger partial charge in [-0.3, -0.25) is 9.36 Å². The van der Waals surface area contributed by atoms with E-state index in [1.54, 1.807) is 38.4 Å². The lowest BCUT2D eigenvalue weighted by Gasteiger charge is -2.09. The minimum Gasteiger partial charge on any atom is -0.497 e. The number of imidazole rings is 1. The number of carbonyl (C=O) groups is 1. The number of hydrogen-bond donors (Lipinski definition) is 1. The van der Waals surface area contributed by atoms with E-state index in [9.17, 15) is 9.59 Å². The third-order valence-electron chi connectivity index (χ3n) is 3.97. The van der Waals surface area contributed by atoms with Gasteiger partial charge in [0.15, 0.2) is 11.3 Å². The van der Waals surface area contributed by atoms with Crippen LogP contribution in [0.15, 0.2) is 29.1 Å². The average Bonchev–Trinajstić information content (AvgIpc) is 2.85. The van der Waals surface area contributed by atoms with E-state index in [2.05, 4.69) is 9.97 Å². The van der Waals surface area contributed by atoms with Gasteiger partial charge in [0.05, 0.1) is 12.8 Å². The number of fused-ring (bicyclic) bond motifs is 1. The molecule has 1 aromatic carbocycles. The topological polar surface area (TPSA) is 105 Å². The quantitative estimate of drug-likeness (QED) is 0.771. The van der Waals surface area contributed by atoms with Gasteiger partial charge in [-0.05, 0) is 12.1 Å². The Balaban J connectivity index is 2.45. The molecule has 0 bridgehead atoms. The molecule has 1 amide bonds. The summed E-state index contributed by atoms with van der Waals surface area (Å²) < 4.78 is 7.99. The standard InChI is InChI=1S/C17H19N5O3/c1-9(2)15-19-12(14(18)23)13-16(20-15)22(17(24)21(13)3)10-6-5-7-11(8-10)25-4/h5-9H,1-4H3,(H2,18,23). The molecule has 0 fully saturated rings. The maximum absolute atomic E-state index is 12.8. The van der Waals surface area contributed by atoms with Crippen LogP contribution in [0.5, 0.6) is 5.75 Å². The largest absolute Gasteiger partial charge is 0.497 e. The van der Waals surface area contributed by atoms with Crippen molar-refractivity contribution in [3.05, 3.63) is 46.3 Å². The van der Waals surface area contributed by atoms with Crippen LogP contribution in [-0.2, 0) is 7.05 Å². The highest BCUT2D eigenvalue weighted by Gasteiger charge is 2.23. The molecule has 8 heteroatoms. The summed E-state index contributed by atoms with van der Waals surface area (Å²) in [5, 5.41) is 0. The number of ether oxygens (including phenoxy) is 1. The normalized spacial score (nSPS) is 11.2. The zero-order chi connectivity index (χ0) is 18.3. The second kappa shape index (κ2) is 6.04. The van der Waals surface area contributed by atoms with Gasteiger partial charge < -0.3 is 10.5 Å². The van der Waals surface area contributed by atoms with Crippen LogP contribution >= 0.6 is 0 Å². The Morgan fingerprint density at radius 2 is 2.00 bits per heavy atom. The van der Waals surface area contributed by atoms with Crippen molar-refractivity contribution < 1.29 is 9.53 Å². The second-order valence-corrected chi connectivity index (χ2v) is 6.00. The Kier molecular flexibility index (Phi) is 4.03. The molecule has 0 radical (unpaired) electrons. The van der Waals surface area contributed by atoms with Crippen molar-refractivity contribution in [2.24, 2.45) is 12.8 Å². The van der Waals surface area contributed by atoms with Gasteiger partial charge in [0, 0.05) is 19.0 Å². The number of nitrogens with two attached hydrogens (primary N) is 1. The van der Waals surface area contributed by atoms with E-state index in [1.807, 2.05) is 13.8 Å². The van der Waals surface area contributed by atoms with Gasteiger partial charge in [-0.1, -0.05) is 19.9 Å². The van der Waals surface area contributed by atoms with Gasteiger partial charge in [0.25, 0.3) is 5.91 Å². The van der Waals surface area contributed by atoms with Crippen LogP contribution in [0.2, 0.25) is 0 Å². The van der Waals surface area contributed by atoms with Gasteiger partial charge >= 0.3 is 5.69 Å². The number of primary amides is 1. The lowest BCUT2D eigenvalue weighted by molar-refractivity contribution is 0.0996. The number of carbonyl (C=O) groups excluding carboxylic acids is 1. The molecule has 0 saturated carbocycles. The Labute approximate surface area is 143 Å². The Bertz CT molecular complexity index is 1030. The summed E-state index contributed by atoms with van der Waals surface area (Å²) in [5.74, 6) is 0.322. The summed E-state index contributed by atoms with van der Waals surface area (Å²) in [6.07, 6.45) is 0. The Morgan fingerprint density at radius 1 is 1.28 bits per heavy atom. The van der Waals surface area contributed by atoms with Gasteiger partial charge in [-0.25, -0.2) is 19.3 Å². The molecule has 3 aromatic rings. The molecule has 8 nitrogen and oxygen atoms in total. The van der Waals surface area contributed by atoms with Crippen LogP contribution in [0.1, 0.15) is 36.1 Å². The van der Waals surface area contributed by atoms with Gasteiger partial charge in [-0.15, -0.1) is 0 Å².